The SMILES string of the molecule is CC(Cl)c1nc2cc(Cl)ccc2n1C1CCOC1C. The molecule has 1 saturated heterocycles. The minimum atomic E-state index is -0.140. The van der Waals surface area contributed by atoms with Crippen molar-refractivity contribution in [1.82, 2.24) is 9.55 Å². The van der Waals surface area contributed by atoms with Gasteiger partial charge in [0.2, 0.25) is 0 Å². The molecule has 0 radical (unpaired) electrons. The fraction of sp³-hybridized carbons (Fsp3) is 0.500. The highest BCUT2D eigenvalue weighted by Crippen LogP contribution is 2.35. The predicted molar refractivity (Wildman–Crippen MR) is 78.1 cm³/mol. The van der Waals surface area contributed by atoms with E-state index in [1.807, 2.05) is 25.1 Å². The highest BCUT2D eigenvalue weighted by atomic mass is 35.5. The molecule has 1 aliphatic rings. The van der Waals surface area contributed by atoms with Crippen molar-refractivity contribution in [2.24, 2.45) is 0 Å². The maximum absolute atomic E-state index is 6.29. The van der Waals surface area contributed by atoms with E-state index >= 15 is 0 Å². The van der Waals surface area contributed by atoms with E-state index in [2.05, 4.69) is 16.5 Å². The van der Waals surface area contributed by atoms with Crippen molar-refractivity contribution in [3.05, 3.63) is 29.0 Å². The van der Waals surface area contributed by atoms with Gasteiger partial charge in [-0.05, 0) is 38.5 Å². The molecule has 2 heterocycles. The molecule has 1 aromatic carbocycles. The molecule has 3 unspecified atom stereocenters. The maximum atomic E-state index is 6.29. The summed E-state index contributed by atoms with van der Waals surface area (Å²) < 4.78 is 7.90. The summed E-state index contributed by atoms with van der Waals surface area (Å²) in [6.45, 7) is 4.83. The lowest BCUT2D eigenvalue weighted by Gasteiger charge is -2.20. The first-order chi connectivity index (χ1) is 9.08. The number of rotatable bonds is 2. The predicted octanol–water partition coefficient (Wildman–Crippen LogP) is 4.34. The number of benzene rings is 1. The van der Waals surface area contributed by atoms with Crippen LogP contribution in [0.2, 0.25) is 5.02 Å². The van der Waals surface area contributed by atoms with Crippen LogP contribution in [0.1, 0.15) is 37.5 Å². The van der Waals surface area contributed by atoms with Gasteiger partial charge in [0.15, 0.2) is 0 Å². The Morgan fingerprint density at radius 3 is 2.89 bits per heavy atom. The first-order valence-electron chi connectivity index (χ1n) is 6.51. The van der Waals surface area contributed by atoms with Crippen molar-refractivity contribution in [1.29, 1.82) is 0 Å². The fourth-order valence-electron chi connectivity index (χ4n) is 2.78. The molecule has 5 heteroatoms. The lowest BCUT2D eigenvalue weighted by atomic mass is 10.1. The zero-order valence-corrected chi connectivity index (χ0v) is 12.4. The molecule has 19 heavy (non-hydrogen) atoms. The van der Waals surface area contributed by atoms with Crippen LogP contribution in [0.15, 0.2) is 18.2 Å². The smallest absolute Gasteiger partial charge is 0.128 e. The van der Waals surface area contributed by atoms with Crippen LogP contribution in [0, 0.1) is 0 Å². The van der Waals surface area contributed by atoms with Crippen molar-refractivity contribution in [2.45, 2.75) is 37.8 Å². The molecule has 3 rings (SSSR count). The molecule has 0 saturated carbocycles. The molecule has 0 spiro atoms. The first-order valence-corrected chi connectivity index (χ1v) is 7.32. The van der Waals surface area contributed by atoms with E-state index in [4.69, 9.17) is 27.9 Å². The third-order valence-corrected chi connectivity index (χ3v) is 4.13. The number of aromatic nitrogens is 2. The topological polar surface area (TPSA) is 27.1 Å². The van der Waals surface area contributed by atoms with Gasteiger partial charge < -0.3 is 9.30 Å². The van der Waals surface area contributed by atoms with Crippen molar-refractivity contribution < 1.29 is 4.74 Å². The lowest BCUT2D eigenvalue weighted by Crippen LogP contribution is -2.19. The summed E-state index contributed by atoms with van der Waals surface area (Å²) in [6, 6.07) is 6.09. The number of ether oxygens (including phenoxy) is 1. The Kier molecular flexibility index (Phi) is 3.46. The Morgan fingerprint density at radius 2 is 2.26 bits per heavy atom. The van der Waals surface area contributed by atoms with Crippen LogP contribution in [-0.2, 0) is 4.74 Å². The second kappa shape index (κ2) is 4.97. The molecule has 0 aliphatic carbocycles. The molecular formula is C14H16Cl2N2O. The Labute approximate surface area is 122 Å². The number of imidazole rings is 1. The van der Waals surface area contributed by atoms with Gasteiger partial charge in [0.1, 0.15) is 5.82 Å². The van der Waals surface area contributed by atoms with Crippen LogP contribution in [0.3, 0.4) is 0 Å². The maximum Gasteiger partial charge on any atom is 0.128 e. The van der Waals surface area contributed by atoms with Crippen LogP contribution in [0.5, 0.6) is 0 Å². The average Bonchev–Trinajstić information content (AvgIpc) is 2.91. The summed E-state index contributed by atoms with van der Waals surface area (Å²) in [5.41, 5.74) is 1.98. The number of fused-ring (bicyclic) bond motifs is 1. The molecule has 102 valence electrons. The summed E-state index contributed by atoms with van der Waals surface area (Å²) in [6.07, 6.45) is 1.17. The normalized spacial score (nSPS) is 25.1. The second-order valence-corrected chi connectivity index (χ2v) is 6.11. The van der Waals surface area contributed by atoms with E-state index in [0.29, 0.717) is 11.1 Å². The summed E-state index contributed by atoms with van der Waals surface area (Å²) >= 11 is 12.3. The summed E-state index contributed by atoms with van der Waals surface area (Å²) in [7, 11) is 0. The lowest BCUT2D eigenvalue weighted by molar-refractivity contribution is 0.108. The van der Waals surface area contributed by atoms with E-state index in [9.17, 15) is 0 Å². The van der Waals surface area contributed by atoms with Gasteiger partial charge in [0.05, 0.1) is 28.6 Å². The van der Waals surface area contributed by atoms with E-state index in [1.54, 1.807) is 0 Å². The number of halogens is 2. The Balaban J connectivity index is 2.22. The third-order valence-electron chi connectivity index (χ3n) is 3.70. The summed E-state index contributed by atoms with van der Waals surface area (Å²) in [5.74, 6) is 0.890. The average molecular weight is 299 g/mol. The standard InChI is InChI=1S/C14H16Cl2N2O/c1-8(15)14-17-11-7-10(16)3-4-13(11)18(14)12-5-6-19-9(12)2/h3-4,7-9,12H,5-6H2,1-2H3. The van der Waals surface area contributed by atoms with Gasteiger partial charge in [-0.25, -0.2) is 4.98 Å². The van der Waals surface area contributed by atoms with E-state index < -0.39 is 0 Å². The molecule has 0 bridgehead atoms. The fourth-order valence-corrected chi connectivity index (χ4v) is 3.10. The highest BCUT2D eigenvalue weighted by molar-refractivity contribution is 6.31. The van der Waals surface area contributed by atoms with Gasteiger partial charge in [0.25, 0.3) is 0 Å². The number of hydrogen-bond acceptors (Lipinski definition) is 2. The second-order valence-electron chi connectivity index (χ2n) is 5.02. The molecule has 2 aromatic rings. The minimum absolute atomic E-state index is 0.140. The highest BCUT2D eigenvalue weighted by Gasteiger charge is 2.30. The van der Waals surface area contributed by atoms with E-state index in [1.165, 1.54) is 0 Å². The van der Waals surface area contributed by atoms with Crippen molar-refractivity contribution in [2.75, 3.05) is 6.61 Å². The molecule has 3 nitrogen and oxygen atoms in total. The van der Waals surface area contributed by atoms with Crippen LogP contribution in [0.4, 0.5) is 0 Å². The molecule has 0 N–H and O–H groups in total. The zero-order valence-electron chi connectivity index (χ0n) is 10.9. The summed E-state index contributed by atoms with van der Waals surface area (Å²) in [4.78, 5) is 4.64. The van der Waals surface area contributed by atoms with E-state index in [-0.39, 0.29) is 11.5 Å². The number of alkyl halides is 1. The van der Waals surface area contributed by atoms with Crippen molar-refractivity contribution in [3.63, 3.8) is 0 Å². The third kappa shape index (κ3) is 2.24. The van der Waals surface area contributed by atoms with Crippen LogP contribution in [-0.4, -0.2) is 22.3 Å². The quantitative estimate of drug-likeness (QED) is 0.771. The Morgan fingerprint density at radius 1 is 1.47 bits per heavy atom. The van der Waals surface area contributed by atoms with Gasteiger partial charge in [-0.3, -0.25) is 0 Å². The molecule has 0 amide bonds. The van der Waals surface area contributed by atoms with Gasteiger partial charge in [0, 0.05) is 11.6 Å². The number of hydrogen-bond donors (Lipinski definition) is 0. The molecule has 3 atom stereocenters. The Bertz CT molecular complexity index is 609. The monoisotopic (exact) mass is 298 g/mol. The van der Waals surface area contributed by atoms with Gasteiger partial charge >= 0.3 is 0 Å². The minimum Gasteiger partial charge on any atom is -0.376 e. The Hall–Kier alpha value is -0.770. The number of nitrogens with zero attached hydrogens (tertiary/aromatic N) is 2. The van der Waals surface area contributed by atoms with Gasteiger partial charge in [-0.1, -0.05) is 11.6 Å². The van der Waals surface area contributed by atoms with Crippen LogP contribution >= 0.6 is 23.2 Å². The van der Waals surface area contributed by atoms with Gasteiger partial charge in [-0.2, -0.15) is 0 Å². The van der Waals surface area contributed by atoms with Crippen molar-refractivity contribution >= 4 is 34.2 Å². The first kappa shape index (κ1) is 13.2. The zero-order chi connectivity index (χ0) is 13.6. The molecular weight excluding hydrogens is 283 g/mol. The van der Waals surface area contributed by atoms with E-state index in [0.717, 1.165) is 29.9 Å². The van der Waals surface area contributed by atoms with Crippen LogP contribution < -0.4 is 0 Å². The van der Waals surface area contributed by atoms with Crippen molar-refractivity contribution in [3.8, 4) is 0 Å². The molecule has 1 aliphatic heterocycles. The van der Waals surface area contributed by atoms with Gasteiger partial charge in [-0.15, -0.1) is 11.6 Å². The summed E-state index contributed by atoms with van der Waals surface area (Å²) in [5, 5.41) is 0.556. The largest absolute Gasteiger partial charge is 0.376 e. The molecule has 1 aromatic heterocycles. The van der Waals surface area contributed by atoms with Crippen LogP contribution in [0.25, 0.3) is 11.0 Å². The molecule has 1 fully saturated rings.